The summed E-state index contributed by atoms with van der Waals surface area (Å²) in [7, 11) is 1.75. The van der Waals surface area contributed by atoms with E-state index in [4.69, 9.17) is 0 Å². The number of aromatic nitrogens is 8. The number of anilines is 12. The maximum absolute atomic E-state index is 13.9. The molecule has 8 amide bonds. The van der Waals surface area contributed by atoms with Crippen molar-refractivity contribution in [3.05, 3.63) is 401 Å². The van der Waals surface area contributed by atoms with Gasteiger partial charge in [-0.1, -0.05) is 126 Å². The fraction of sp³-hybridized carbons (Fsp3) is 0.167. The molecule has 0 spiro atoms. The predicted octanol–water partition coefficient (Wildman–Crippen LogP) is 25.3. The number of carbonyl (C=O) groups is 8. The lowest BCUT2D eigenvalue weighted by molar-refractivity contribution is -0.138. The second-order valence-electron chi connectivity index (χ2n) is 37.5. The number of aryl methyl sites for hydroxylation is 4. The van der Waals surface area contributed by atoms with E-state index < -0.39 is 91.3 Å². The number of benzene rings is 10. The van der Waals surface area contributed by atoms with Crippen molar-refractivity contribution in [3.63, 3.8) is 0 Å². The number of rotatable bonds is 16. The van der Waals surface area contributed by atoms with E-state index in [9.17, 15) is 77.9 Å². The van der Waals surface area contributed by atoms with Crippen LogP contribution in [0.3, 0.4) is 0 Å². The molecule has 4 N–H and O–H groups in total. The molecule has 0 aliphatic carbocycles. The first-order valence-electron chi connectivity index (χ1n) is 46.3. The van der Waals surface area contributed by atoms with Crippen LogP contribution < -0.4 is 40.9 Å². The van der Waals surface area contributed by atoms with E-state index >= 15 is 0 Å². The van der Waals surface area contributed by atoms with Crippen LogP contribution in [0.25, 0.3) is 44.5 Å². The van der Waals surface area contributed by atoms with Gasteiger partial charge in [0, 0.05) is 78.6 Å². The summed E-state index contributed by atoms with van der Waals surface area (Å²) >= 11 is 0. The number of nitrogens with one attached hydrogen (secondary N) is 4. The Morgan fingerprint density at radius 1 is 0.313 bits per heavy atom. The van der Waals surface area contributed by atoms with E-state index in [0.29, 0.717) is 101 Å². The molecule has 10 aromatic carbocycles. The number of fused-ring (bicyclic) bond motifs is 4. The van der Waals surface area contributed by atoms with Crippen LogP contribution in [-0.2, 0) is 66.4 Å². The van der Waals surface area contributed by atoms with E-state index in [1.54, 1.807) is 215 Å². The first-order valence-corrected chi connectivity index (χ1v) is 46.3. The van der Waals surface area contributed by atoms with Crippen molar-refractivity contribution in [1.29, 1.82) is 0 Å². The van der Waals surface area contributed by atoms with Gasteiger partial charge >= 0.3 is 18.5 Å². The lowest BCUT2D eigenvalue weighted by Crippen LogP contribution is -2.34. The highest BCUT2D eigenvalue weighted by atomic mass is 19.4. The van der Waals surface area contributed by atoms with Crippen molar-refractivity contribution < 1.29 is 77.9 Å². The number of nitrogens with zero attached hydrogens (tertiary/aromatic N) is 12. The van der Waals surface area contributed by atoms with Crippen LogP contribution in [0.2, 0.25) is 0 Å². The smallest absolute Gasteiger partial charge is 0.322 e. The van der Waals surface area contributed by atoms with E-state index in [1.807, 2.05) is 113 Å². The first kappa shape index (κ1) is 101. The summed E-state index contributed by atoms with van der Waals surface area (Å²) in [5.41, 5.74) is 7.22. The molecule has 10 heterocycles. The number of pyridine rings is 4. The molecule has 147 heavy (non-hydrogen) atoms. The first-order chi connectivity index (χ1) is 69.8. The molecular formula is C114H93F9N16O8. The Bertz CT molecular complexity index is 7640. The number of carbonyl (C=O) groups excluding carboxylic acids is 8. The van der Waals surface area contributed by atoms with Crippen LogP contribution in [0.5, 0.6) is 0 Å². The highest BCUT2D eigenvalue weighted by Crippen LogP contribution is 2.55. The molecule has 4 aliphatic rings. The zero-order valence-corrected chi connectivity index (χ0v) is 81.1. The summed E-state index contributed by atoms with van der Waals surface area (Å²) in [6.07, 6.45) is 1.26. The van der Waals surface area contributed by atoms with Gasteiger partial charge in [-0.05, 0) is 289 Å². The molecule has 740 valence electrons. The number of amides is 8. The fourth-order valence-corrected chi connectivity index (χ4v) is 18.6. The molecular weight excluding hydrogens is 1890 g/mol. The molecule has 24 nitrogen and oxygen atoms in total. The number of alkyl halides is 9. The molecule has 33 heteroatoms. The summed E-state index contributed by atoms with van der Waals surface area (Å²) in [5.74, 6) is -2.41. The van der Waals surface area contributed by atoms with Gasteiger partial charge in [0.1, 0.15) is 11.6 Å². The second kappa shape index (κ2) is 39.5. The van der Waals surface area contributed by atoms with Crippen molar-refractivity contribution in [2.24, 2.45) is 7.05 Å². The van der Waals surface area contributed by atoms with Gasteiger partial charge in [-0.2, -0.15) is 44.6 Å². The van der Waals surface area contributed by atoms with Crippen molar-refractivity contribution in [2.45, 2.75) is 116 Å². The lowest BCUT2D eigenvalue weighted by Gasteiger charge is -2.21. The maximum atomic E-state index is 13.9. The van der Waals surface area contributed by atoms with Gasteiger partial charge < -0.3 is 21.3 Å². The average molecular weight is 1990 g/mol. The molecule has 4 aliphatic heterocycles. The van der Waals surface area contributed by atoms with Gasteiger partial charge in [0.25, 0.3) is 23.6 Å². The molecule has 0 unspecified atom stereocenters. The van der Waals surface area contributed by atoms with Crippen molar-refractivity contribution >= 4 is 116 Å². The van der Waals surface area contributed by atoms with E-state index in [0.717, 1.165) is 63.0 Å². The topological polar surface area (TPSA) is 293 Å². The monoisotopic (exact) mass is 1980 g/mol. The summed E-state index contributed by atoms with van der Waals surface area (Å²) < 4.78 is 127. The summed E-state index contributed by atoms with van der Waals surface area (Å²) in [5, 5.41) is 14.7. The van der Waals surface area contributed by atoms with E-state index in [-0.39, 0.29) is 41.2 Å². The van der Waals surface area contributed by atoms with Crippen LogP contribution >= 0.6 is 0 Å². The van der Waals surface area contributed by atoms with Gasteiger partial charge in [0.2, 0.25) is 29.6 Å². The van der Waals surface area contributed by atoms with E-state index in [1.165, 1.54) is 83.2 Å². The predicted molar refractivity (Wildman–Crippen MR) is 544 cm³/mol. The zero-order chi connectivity index (χ0) is 105. The van der Waals surface area contributed by atoms with Crippen LogP contribution in [-0.4, -0.2) is 86.9 Å². The minimum Gasteiger partial charge on any atom is -0.322 e. The third kappa shape index (κ3) is 19.8. The molecule has 20 rings (SSSR count). The minimum absolute atomic E-state index is 0.0249. The quantitative estimate of drug-likeness (QED) is 0.0654. The normalized spacial score (nSPS) is 14.3. The van der Waals surface area contributed by atoms with Crippen molar-refractivity contribution in [3.8, 4) is 44.5 Å². The highest BCUT2D eigenvalue weighted by molar-refractivity contribution is 6.18. The van der Waals surface area contributed by atoms with Crippen LogP contribution in [0, 0.1) is 20.8 Å². The Kier molecular flexibility index (Phi) is 27.1. The largest absolute Gasteiger partial charge is 0.417 e. The SMILES string of the molecule is CC1(C)C(=O)N(c2cccnc2)c2nccc(-c3ccc(C(F)(F)F)c(C(=O)Nc4ccccc4)c3)c21.CC1(C)C(=O)N(c2ncccn2)c2cccc(-c3ccc(C(F)(F)F)c(C(=O)Nc4cccnc4)c3)c21.Cc1ccc(NC(=O)c2cc(-c3cccc4c3C(C)(C)C(=O)N4c3ccccn3)ccc2C)cc1.Cc1ccc(NC(=O)c2cc(-c3cccc4c3C(C)(C)C(=O)N4c3cnn(C)c3)ccc2C(F)(F)F)cc1. The van der Waals surface area contributed by atoms with Crippen LogP contribution in [0.4, 0.5) is 108 Å². The van der Waals surface area contributed by atoms with Gasteiger partial charge in [-0.15, -0.1) is 0 Å². The van der Waals surface area contributed by atoms with Crippen LogP contribution in [0.15, 0.2) is 323 Å². The van der Waals surface area contributed by atoms with Crippen molar-refractivity contribution in [1.82, 2.24) is 39.7 Å². The lowest BCUT2D eigenvalue weighted by atomic mass is 9.81. The van der Waals surface area contributed by atoms with Gasteiger partial charge in [-0.3, -0.25) is 67.7 Å². The molecule has 0 bridgehead atoms. The Morgan fingerprint density at radius 3 is 1.14 bits per heavy atom. The molecule has 0 fully saturated rings. The highest BCUT2D eigenvalue weighted by Gasteiger charge is 2.52. The Labute approximate surface area is 838 Å². The molecule has 0 saturated heterocycles. The Hall–Kier alpha value is -17.8. The summed E-state index contributed by atoms with van der Waals surface area (Å²) in [4.78, 5) is 138. The second-order valence-corrected chi connectivity index (χ2v) is 37.5. The van der Waals surface area contributed by atoms with Crippen molar-refractivity contribution in [2.75, 3.05) is 40.9 Å². The molecule has 0 saturated carbocycles. The minimum atomic E-state index is -4.75. The third-order valence-electron chi connectivity index (χ3n) is 25.9. The number of halogens is 9. The summed E-state index contributed by atoms with van der Waals surface area (Å²) in [6.45, 7) is 20.2. The molecule has 16 aromatic rings. The number of hydrogen-bond acceptors (Lipinski definition) is 15. The number of para-hydroxylation sites is 1. The molecule has 0 atom stereocenters. The maximum Gasteiger partial charge on any atom is 0.417 e. The van der Waals surface area contributed by atoms with Gasteiger partial charge in [0.05, 0.1) is 108 Å². The molecule has 0 radical (unpaired) electrons. The number of hydrogen-bond donors (Lipinski definition) is 4. The zero-order valence-electron chi connectivity index (χ0n) is 81.1. The Balaban J connectivity index is 0.000000134. The fourth-order valence-electron chi connectivity index (χ4n) is 18.6. The average Bonchev–Trinajstić information content (AvgIpc) is 1.57. The van der Waals surface area contributed by atoms with E-state index in [2.05, 4.69) is 56.3 Å². The van der Waals surface area contributed by atoms with Gasteiger partial charge in [0.15, 0.2) is 0 Å². The van der Waals surface area contributed by atoms with Crippen LogP contribution in [0.1, 0.15) is 152 Å². The summed E-state index contributed by atoms with van der Waals surface area (Å²) in [6, 6.07) is 70.7. The van der Waals surface area contributed by atoms with Gasteiger partial charge in [-0.25, -0.2) is 24.8 Å². The molecule has 6 aromatic heterocycles. The third-order valence-corrected chi connectivity index (χ3v) is 25.9. The standard InChI is InChI=1S/C30H27N3O2.C29H25F3N4O2.C28H21F3N4O2.C27H20F3N5O2/c1-19-11-15-22(16-12-19)32-28(34)24-18-21(14-13-20(24)2)23-8-7-9-25-27(23)30(3,4)29(35)33(25)26-10-5-6-17-31-26;1-17-8-11-19(12-9-17)34-26(37)22-14-18(10-13-23(22)29(30,31)32)21-6-5-7-24-25(21)28(2,3)27(38)36(24)20-15-33-35(4)16-20;1-27(2)23-20(12-14-33-24(23)35(26(27)37)19-9-6-13-32-16-19)17-10-11-22(28(29,30)31)21(15-17)25(36)34-18-7-4-3-5-8-18;1-26(2)22-18(7-3-8-21(22)35(24(26)37)25-32-12-5-13-33-25)16-9-10-20(27(28,29)30)19(14-16)23(36)34-17-6-4-11-31-15-17/h5-18H,1-4H3,(H,32,34);5-16H,1-4H3,(H,34,37);3-16H,1-2H3,(H,34,36);3-15H,1-2H3,(H,34,36). The Morgan fingerprint density at radius 2 is 0.701 bits per heavy atom.